The average molecular weight is 242 g/mol. The van der Waals surface area contributed by atoms with Crippen LogP contribution in [0, 0.1) is 5.82 Å². The molecule has 17 heavy (non-hydrogen) atoms. The summed E-state index contributed by atoms with van der Waals surface area (Å²) in [5.41, 5.74) is 0.506. The molecule has 0 aliphatic carbocycles. The van der Waals surface area contributed by atoms with Crippen LogP contribution in [-0.4, -0.2) is 9.97 Å². The molecule has 2 nitrogen and oxygen atoms in total. The first-order chi connectivity index (χ1) is 7.97. The zero-order valence-corrected chi connectivity index (χ0v) is 8.37. The lowest BCUT2D eigenvalue weighted by Gasteiger charge is -2.06. The number of nitrogens with zero attached hydrogens (tertiary/aromatic N) is 2. The van der Waals surface area contributed by atoms with Crippen LogP contribution in [0.25, 0.3) is 11.3 Å². The van der Waals surface area contributed by atoms with Gasteiger partial charge >= 0.3 is 6.18 Å². The summed E-state index contributed by atoms with van der Waals surface area (Å²) in [7, 11) is 0. The smallest absolute Gasteiger partial charge is 0.233 e. The Morgan fingerprint density at radius 1 is 0.941 bits per heavy atom. The van der Waals surface area contributed by atoms with Gasteiger partial charge in [0, 0.05) is 11.8 Å². The van der Waals surface area contributed by atoms with Crippen molar-refractivity contribution in [1.29, 1.82) is 0 Å². The van der Waals surface area contributed by atoms with Crippen molar-refractivity contribution in [3.05, 3.63) is 48.2 Å². The molecule has 88 valence electrons. The predicted octanol–water partition coefficient (Wildman–Crippen LogP) is 3.30. The summed E-state index contributed by atoms with van der Waals surface area (Å²) in [5.74, 6) is -1.67. The Kier molecular flexibility index (Phi) is 2.79. The first-order valence-corrected chi connectivity index (χ1v) is 4.63. The topological polar surface area (TPSA) is 25.8 Å². The highest BCUT2D eigenvalue weighted by Gasteiger charge is 2.34. The van der Waals surface area contributed by atoms with E-state index in [0.29, 0.717) is 5.56 Å². The van der Waals surface area contributed by atoms with Crippen molar-refractivity contribution in [2.75, 3.05) is 0 Å². The van der Waals surface area contributed by atoms with Gasteiger partial charge in [0.05, 0.1) is 5.69 Å². The van der Waals surface area contributed by atoms with Gasteiger partial charge in [-0.3, -0.25) is 0 Å². The monoisotopic (exact) mass is 242 g/mol. The molecule has 0 radical (unpaired) electrons. The molecule has 0 spiro atoms. The second-order valence-electron chi connectivity index (χ2n) is 3.27. The third kappa shape index (κ3) is 2.58. The van der Waals surface area contributed by atoms with Crippen molar-refractivity contribution in [2.24, 2.45) is 0 Å². The fourth-order valence-electron chi connectivity index (χ4n) is 1.28. The molecule has 0 unspecified atom stereocenters. The van der Waals surface area contributed by atoms with Crippen molar-refractivity contribution in [2.45, 2.75) is 6.18 Å². The fourth-order valence-corrected chi connectivity index (χ4v) is 1.28. The van der Waals surface area contributed by atoms with E-state index >= 15 is 0 Å². The first-order valence-electron chi connectivity index (χ1n) is 4.63. The van der Waals surface area contributed by atoms with Gasteiger partial charge < -0.3 is 0 Å². The van der Waals surface area contributed by atoms with Crippen molar-refractivity contribution in [3.63, 3.8) is 0 Å². The normalized spacial score (nSPS) is 11.5. The fraction of sp³-hybridized carbons (Fsp3) is 0.0909. The summed E-state index contributed by atoms with van der Waals surface area (Å²) in [6, 6.07) is 6.37. The summed E-state index contributed by atoms with van der Waals surface area (Å²) in [5, 5.41) is 0. The molecule has 0 saturated heterocycles. The minimum Gasteiger partial charge on any atom is -0.233 e. The van der Waals surface area contributed by atoms with Crippen LogP contribution in [0.2, 0.25) is 0 Å². The van der Waals surface area contributed by atoms with Crippen LogP contribution in [0.5, 0.6) is 0 Å². The second-order valence-corrected chi connectivity index (χ2v) is 3.27. The van der Waals surface area contributed by atoms with Gasteiger partial charge in [-0.15, -0.1) is 0 Å². The molecule has 0 saturated carbocycles. The van der Waals surface area contributed by atoms with E-state index in [1.807, 2.05) is 0 Å². The number of alkyl halides is 3. The van der Waals surface area contributed by atoms with Gasteiger partial charge in [-0.05, 0) is 30.3 Å². The second kappa shape index (κ2) is 4.12. The molecular formula is C11H6F4N2. The van der Waals surface area contributed by atoms with E-state index in [-0.39, 0.29) is 5.69 Å². The van der Waals surface area contributed by atoms with Gasteiger partial charge in [-0.1, -0.05) is 0 Å². The third-order valence-corrected chi connectivity index (χ3v) is 2.05. The largest absolute Gasteiger partial charge is 0.451 e. The maximum absolute atomic E-state index is 12.7. The molecule has 2 rings (SSSR count). The van der Waals surface area contributed by atoms with Crippen LogP contribution in [0.4, 0.5) is 17.6 Å². The number of aromatic nitrogens is 2. The number of rotatable bonds is 1. The quantitative estimate of drug-likeness (QED) is 0.717. The van der Waals surface area contributed by atoms with Crippen LogP contribution < -0.4 is 0 Å². The van der Waals surface area contributed by atoms with E-state index in [4.69, 9.17) is 0 Å². The number of halogens is 4. The predicted molar refractivity (Wildman–Crippen MR) is 52.4 cm³/mol. The lowest BCUT2D eigenvalue weighted by atomic mass is 10.1. The molecule has 0 fully saturated rings. The molecule has 0 amide bonds. The number of hydrogen-bond acceptors (Lipinski definition) is 2. The standard InChI is InChI=1S/C11H6F4N2/c12-8-3-1-7(2-4-8)9-5-6-16-10(17-9)11(13,14)15/h1-6H. The van der Waals surface area contributed by atoms with Crippen molar-refractivity contribution in [1.82, 2.24) is 9.97 Å². The molecule has 0 aliphatic rings. The number of hydrogen-bond donors (Lipinski definition) is 0. The highest BCUT2D eigenvalue weighted by Crippen LogP contribution is 2.27. The Labute approximate surface area is 94.0 Å². The summed E-state index contributed by atoms with van der Waals surface area (Å²) in [6.07, 6.45) is -3.56. The van der Waals surface area contributed by atoms with Gasteiger partial charge in [0.25, 0.3) is 0 Å². The third-order valence-electron chi connectivity index (χ3n) is 2.05. The Balaban J connectivity index is 2.43. The van der Waals surface area contributed by atoms with Gasteiger partial charge in [-0.25, -0.2) is 14.4 Å². The van der Waals surface area contributed by atoms with E-state index in [9.17, 15) is 17.6 Å². The van der Waals surface area contributed by atoms with Gasteiger partial charge in [0.15, 0.2) is 0 Å². The average Bonchev–Trinajstić information content (AvgIpc) is 2.29. The van der Waals surface area contributed by atoms with Crippen LogP contribution in [-0.2, 0) is 6.18 Å². The van der Waals surface area contributed by atoms with Crippen molar-refractivity contribution < 1.29 is 17.6 Å². The minimum absolute atomic E-state index is 0.104. The minimum atomic E-state index is -4.59. The molecule has 0 aliphatic heterocycles. The summed E-state index contributed by atoms with van der Waals surface area (Å²) >= 11 is 0. The maximum Gasteiger partial charge on any atom is 0.451 e. The van der Waals surface area contributed by atoms with Gasteiger partial charge in [0.1, 0.15) is 5.82 Å². The Morgan fingerprint density at radius 2 is 1.59 bits per heavy atom. The van der Waals surface area contributed by atoms with E-state index in [1.54, 1.807) is 0 Å². The number of benzene rings is 1. The van der Waals surface area contributed by atoms with E-state index in [2.05, 4.69) is 9.97 Å². The van der Waals surface area contributed by atoms with Crippen LogP contribution in [0.3, 0.4) is 0 Å². The van der Waals surface area contributed by atoms with E-state index in [0.717, 1.165) is 18.3 Å². The summed E-state index contributed by atoms with van der Waals surface area (Å²) in [6.45, 7) is 0. The van der Waals surface area contributed by atoms with Crippen LogP contribution in [0.15, 0.2) is 36.5 Å². The lowest BCUT2D eigenvalue weighted by Crippen LogP contribution is -2.10. The van der Waals surface area contributed by atoms with E-state index in [1.165, 1.54) is 18.2 Å². The SMILES string of the molecule is Fc1ccc(-c2ccnc(C(F)(F)F)n2)cc1. The molecule has 1 aromatic carbocycles. The lowest BCUT2D eigenvalue weighted by molar-refractivity contribution is -0.144. The molecule has 0 bridgehead atoms. The van der Waals surface area contributed by atoms with Gasteiger partial charge in [0.2, 0.25) is 5.82 Å². The van der Waals surface area contributed by atoms with Crippen LogP contribution >= 0.6 is 0 Å². The Hall–Kier alpha value is -1.98. The molecule has 1 aromatic heterocycles. The maximum atomic E-state index is 12.7. The molecule has 6 heteroatoms. The molecule has 1 heterocycles. The van der Waals surface area contributed by atoms with E-state index < -0.39 is 17.8 Å². The molecule has 0 atom stereocenters. The highest BCUT2D eigenvalue weighted by molar-refractivity contribution is 5.58. The van der Waals surface area contributed by atoms with Crippen LogP contribution in [0.1, 0.15) is 5.82 Å². The van der Waals surface area contributed by atoms with Crippen molar-refractivity contribution >= 4 is 0 Å². The zero-order valence-electron chi connectivity index (χ0n) is 8.37. The highest BCUT2D eigenvalue weighted by atomic mass is 19.4. The van der Waals surface area contributed by atoms with Gasteiger partial charge in [-0.2, -0.15) is 13.2 Å². The summed E-state index contributed by atoms with van der Waals surface area (Å²) in [4.78, 5) is 6.53. The molecular weight excluding hydrogens is 236 g/mol. The first kappa shape index (κ1) is 11.5. The molecule has 0 N–H and O–H groups in total. The Bertz CT molecular complexity index is 520. The zero-order chi connectivity index (χ0) is 12.5. The van der Waals surface area contributed by atoms with Crippen molar-refractivity contribution in [3.8, 4) is 11.3 Å². The summed E-state index contributed by atoms with van der Waals surface area (Å²) < 4.78 is 49.7. The Morgan fingerprint density at radius 3 is 2.18 bits per heavy atom. The molecule has 2 aromatic rings.